The first-order valence-electron chi connectivity index (χ1n) is 8.79. The number of carbonyl (C=O) groups is 5. The van der Waals surface area contributed by atoms with Crippen LogP contribution >= 0.6 is 0 Å². The van der Waals surface area contributed by atoms with E-state index in [9.17, 15) is 24.0 Å². The minimum absolute atomic E-state index is 0.0713. The lowest BCUT2D eigenvalue weighted by atomic mass is 10.1. The molecule has 0 radical (unpaired) electrons. The Hall–Kier alpha value is -3.52. The van der Waals surface area contributed by atoms with Crippen LogP contribution in [-0.2, 0) is 30.4 Å². The van der Waals surface area contributed by atoms with Crippen molar-refractivity contribution in [1.29, 1.82) is 0 Å². The van der Waals surface area contributed by atoms with Gasteiger partial charge in [-0.2, -0.15) is 0 Å². The molecule has 0 aliphatic rings. The second kappa shape index (κ2) is 12.1. The molecule has 0 bridgehead atoms. The number of amides is 3. The van der Waals surface area contributed by atoms with E-state index in [4.69, 9.17) is 21.1 Å². The molecular weight excluding hydrogens is 404 g/mol. The number of imidazole rings is 1. The van der Waals surface area contributed by atoms with Crippen LogP contribution in [0, 0.1) is 0 Å². The first-order chi connectivity index (χ1) is 14.1. The van der Waals surface area contributed by atoms with Crippen LogP contribution in [0.5, 0.6) is 0 Å². The van der Waals surface area contributed by atoms with E-state index in [1.807, 2.05) is 0 Å². The minimum Gasteiger partial charge on any atom is -0.481 e. The molecule has 1 heterocycles. The molecule has 1 aromatic rings. The van der Waals surface area contributed by atoms with Crippen molar-refractivity contribution in [1.82, 2.24) is 25.9 Å². The fraction of sp³-hybridized carbons (Fsp3) is 0.500. The molecule has 166 valence electrons. The van der Waals surface area contributed by atoms with Crippen molar-refractivity contribution in [2.24, 2.45) is 5.73 Å². The number of carbonyl (C=O) groups excluding carboxylic acids is 3. The maximum absolute atomic E-state index is 12.7. The number of carboxylic acids is 2. The van der Waals surface area contributed by atoms with E-state index in [2.05, 4.69) is 25.9 Å². The smallest absolute Gasteiger partial charge is 0.322 e. The first kappa shape index (κ1) is 24.5. The molecule has 9 N–H and O–H groups in total. The zero-order valence-corrected chi connectivity index (χ0v) is 15.8. The van der Waals surface area contributed by atoms with Crippen molar-refractivity contribution in [3.63, 3.8) is 0 Å². The van der Waals surface area contributed by atoms with E-state index in [-0.39, 0.29) is 12.8 Å². The van der Waals surface area contributed by atoms with Gasteiger partial charge in [-0.1, -0.05) is 0 Å². The van der Waals surface area contributed by atoms with Crippen molar-refractivity contribution >= 4 is 29.7 Å². The highest BCUT2D eigenvalue weighted by atomic mass is 16.4. The van der Waals surface area contributed by atoms with Gasteiger partial charge < -0.3 is 42.0 Å². The number of aromatic amines is 1. The van der Waals surface area contributed by atoms with Gasteiger partial charge in [0.05, 0.1) is 12.9 Å². The van der Waals surface area contributed by atoms with Gasteiger partial charge in [-0.05, 0) is 6.42 Å². The molecule has 0 aromatic carbocycles. The number of nitrogens with two attached hydrogens (primary N) is 1. The summed E-state index contributed by atoms with van der Waals surface area (Å²) in [5.74, 6) is -5.12. The Kier molecular flexibility index (Phi) is 9.91. The Labute approximate surface area is 170 Å². The summed E-state index contributed by atoms with van der Waals surface area (Å²) < 4.78 is 0. The van der Waals surface area contributed by atoms with Gasteiger partial charge in [0, 0.05) is 24.7 Å². The minimum atomic E-state index is -1.36. The number of rotatable bonds is 13. The highest BCUT2D eigenvalue weighted by Crippen LogP contribution is 2.03. The quantitative estimate of drug-likeness (QED) is 0.153. The molecule has 30 heavy (non-hydrogen) atoms. The molecule has 3 unspecified atom stereocenters. The third-order valence-corrected chi connectivity index (χ3v) is 3.84. The van der Waals surface area contributed by atoms with E-state index >= 15 is 0 Å². The normalized spacial score (nSPS) is 13.5. The number of nitrogens with one attached hydrogen (secondary N) is 4. The van der Waals surface area contributed by atoms with Crippen LogP contribution in [0.25, 0.3) is 0 Å². The predicted octanol–water partition coefficient (Wildman–Crippen LogP) is -3.69. The number of nitrogens with zero attached hydrogens (tertiary/aromatic N) is 1. The number of aliphatic hydroxyl groups is 1. The Morgan fingerprint density at radius 2 is 1.70 bits per heavy atom. The second-order valence-electron chi connectivity index (χ2n) is 6.24. The largest absolute Gasteiger partial charge is 0.481 e. The topological polar surface area (TPSA) is 237 Å². The third kappa shape index (κ3) is 8.66. The van der Waals surface area contributed by atoms with Crippen LogP contribution in [0.2, 0.25) is 0 Å². The second-order valence-corrected chi connectivity index (χ2v) is 6.24. The van der Waals surface area contributed by atoms with Crippen molar-refractivity contribution in [2.45, 2.75) is 37.4 Å². The Bertz CT molecular complexity index is 753. The number of H-pyrrole nitrogens is 1. The van der Waals surface area contributed by atoms with Crippen molar-refractivity contribution < 1.29 is 39.3 Å². The van der Waals surface area contributed by atoms with E-state index in [1.54, 1.807) is 0 Å². The van der Waals surface area contributed by atoms with E-state index < -0.39 is 67.4 Å². The summed E-state index contributed by atoms with van der Waals surface area (Å²) in [6.45, 7) is -1.39. The molecule has 14 heteroatoms. The molecule has 0 spiro atoms. The molecule has 0 aliphatic carbocycles. The highest BCUT2D eigenvalue weighted by molar-refractivity contribution is 5.94. The number of hydrogen-bond acceptors (Lipinski definition) is 8. The third-order valence-electron chi connectivity index (χ3n) is 3.84. The molecule has 0 saturated heterocycles. The first-order valence-corrected chi connectivity index (χ1v) is 8.79. The molecule has 0 fully saturated rings. The van der Waals surface area contributed by atoms with Gasteiger partial charge in [-0.3, -0.25) is 24.0 Å². The van der Waals surface area contributed by atoms with Crippen LogP contribution in [0.4, 0.5) is 0 Å². The highest BCUT2D eigenvalue weighted by Gasteiger charge is 2.29. The SMILES string of the molecule is NC(CO)C(=O)NC(Cc1cnc[nH]1)C(=O)NC(CCC(=O)O)C(=O)NCC(=O)O. The summed E-state index contributed by atoms with van der Waals surface area (Å²) in [5, 5.41) is 33.2. The molecule has 14 nitrogen and oxygen atoms in total. The van der Waals surface area contributed by atoms with Gasteiger partial charge >= 0.3 is 11.9 Å². The Morgan fingerprint density at radius 3 is 2.23 bits per heavy atom. The van der Waals surface area contributed by atoms with E-state index in [0.717, 1.165) is 0 Å². The fourth-order valence-electron chi connectivity index (χ4n) is 2.28. The Morgan fingerprint density at radius 1 is 1.03 bits per heavy atom. The van der Waals surface area contributed by atoms with Gasteiger partial charge in [-0.25, -0.2) is 4.98 Å². The molecule has 3 atom stereocenters. The summed E-state index contributed by atoms with van der Waals surface area (Å²) in [6, 6.07) is -3.89. The lowest BCUT2D eigenvalue weighted by Gasteiger charge is -2.23. The molecule has 0 saturated carbocycles. The number of aromatic nitrogens is 2. The molecule has 1 rings (SSSR count). The van der Waals surface area contributed by atoms with Crippen molar-refractivity contribution in [3.8, 4) is 0 Å². The maximum Gasteiger partial charge on any atom is 0.322 e. The van der Waals surface area contributed by atoms with Gasteiger partial charge in [-0.15, -0.1) is 0 Å². The summed E-state index contributed by atoms with van der Waals surface area (Å²) in [6.07, 6.45) is 1.89. The number of aliphatic carboxylic acids is 2. The van der Waals surface area contributed by atoms with Crippen LogP contribution in [0.15, 0.2) is 12.5 Å². The maximum atomic E-state index is 12.7. The van der Waals surface area contributed by atoms with Crippen molar-refractivity contribution in [2.75, 3.05) is 13.2 Å². The summed E-state index contributed by atoms with van der Waals surface area (Å²) >= 11 is 0. The summed E-state index contributed by atoms with van der Waals surface area (Å²) in [5.41, 5.74) is 5.90. The Balaban J connectivity index is 2.94. The number of carboxylic acid groups (broad SMARTS) is 2. The average molecular weight is 428 g/mol. The monoisotopic (exact) mass is 428 g/mol. The molecule has 3 amide bonds. The van der Waals surface area contributed by atoms with Crippen molar-refractivity contribution in [3.05, 3.63) is 18.2 Å². The zero-order valence-electron chi connectivity index (χ0n) is 15.8. The van der Waals surface area contributed by atoms with E-state index in [1.165, 1.54) is 12.5 Å². The molecule has 0 aliphatic heterocycles. The van der Waals surface area contributed by atoms with Gasteiger partial charge in [0.2, 0.25) is 17.7 Å². The molecular formula is C16H24N6O8. The van der Waals surface area contributed by atoms with E-state index in [0.29, 0.717) is 5.69 Å². The van der Waals surface area contributed by atoms with Crippen LogP contribution < -0.4 is 21.7 Å². The predicted molar refractivity (Wildman–Crippen MR) is 98.7 cm³/mol. The standard InChI is InChI=1S/C16H24N6O8/c17-9(6-23)14(28)22-11(3-8-4-18-7-20-8)16(30)21-10(1-2-12(24)25)15(29)19-5-13(26)27/h4,7,9-11,23H,1-3,5-6,17H2,(H,18,20)(H,19,29)(H,21,30)(H,22,28)(H,24,25)(H,26,27). The van der Waals surface area contributed by atoms with Crippen LogP contribution in [0.3, 0.4) is 0 Å². The van der Waals surface area contributed by atoms with Gasteiger partial charge in [0.25, 0.3) is 0 Å². The zero-order chi connectivity index (χ0) is 22.7. The average Bonchev–Trinajstić information content (AvgIpc) is 3.20. The molecule has 1 aromatic heterocycles. The summed E-state index contributed by atoms with van der Waals surface area (Å²) in [4.78, 5) is 64.9. The number of hydrogen-bond donors (Lipinski definition) is 8. The number of aliphatic hydroxyl groups excluding tert-OH is 1. The van der Waals surface area contributed by atoms with Gasteiger partial charge in [0.1, 0.15) is 24.7 Å². The lowest BCUT2D eigenvalue weighted by Crippen LogP contribution is -2.57. The van der Waals surface area contributed by atoms with Gasteiger partial charge in [0.15, 0.2) is 0 Å². The fourth-order valence-corrected chi connectivity index (χ4v) is 2.28. The summed E-state index contributed by atoms with van der Waals surface area (Å²) in [7, 11) is 0. The van der Waals surface area contributed by atoms with Crippen LogP contribution in [0.1, 0.15) is 18.5 Å². The lowest BCUT2D eigenvalue weighted by molar-refractivity contribution is -0.140. The van der Waals surface area contributed by atoms with Crippen LogP contribution in [-0.4, -0.2) is 86.2 Å².